The second kappa shape index (κ2) is 48.0. The van der Waals surface area contributed by atoms with E-state index < -0.39 is 0 Å². The van der Waals surface area contributed by atoms with Crippen LogP contribution in [0.4, 0.5) is 0 Å². The summed E-state index contributed by atoms with van der Waals surface area (Å²) in [7, 11) is 1.50. The number of hydrogen-bond acceptors (Lipinski definition) is 17. The van der Waals surface area contributed by atoms with Crippen LogP contribution >= 0.6 is 0 Å². The molecule has 4 aromatic heterocycles. The van der Waals surface area contributed by atoms with Crippen LogP contribution in [0.2, 0.25) is 0 Å². The van der Waals surface area contributed by atoms with Crippen molar-refractivity contribution >= 4 is 23.9 Å². The number of amides is 1. The number of benzene rings is 9. The Hall–Kier alpha value is -13.4. The molecule has 0 unspecified atom stereocenters. The van der Waals surface area contributed by atoms with Gasteiger partial charge in [0.1, 0.15) is 34.8 Å². The van der Waals surface area contributed by atoms with Crippen molar-refractivity contribution in [2.24, 2.45) is 10.7 Å². The van der Waals surface area contributed by atoms with Crippen LogP contribution in [0, 0.1) is 5.41 Å². The molecule has 122 heavy (non-hydrogen) atoms. The van der Waals surface area contributed by atoms with Gasteiger partial charge in [0.15, 0.2) is 40.8 Å². The molecule has 0 aliphatic carbocycles. The minimum absolute atomic E-state index is 0.0452. The predicted octanol–water partition coefficient (Wildman–Crippen LogP) is 19.9. The molecule has 634 valence electrons. The van der Waals surface area contributed by atoms with Gasteiger partial charge in [-0.2, -0.15) is 0 Å². The minimum atomic E-state index is -0.106. The van der Waals surface area contributed by atoms with Crippen LogP contribution in [0.1, 0.15) is 159 Å². The third-order valence-electron chi connectivity index (χ3n) is 20.3. The molecule has 7 heterocycles. The van der Waals surface area contributed by atoms with Gasteiger partial charge < -0.3 is 72.5 Å². The van der Waals surface area contributed by atoms with Gasteiger partial charge in [-0.05, 0) is 97.8 Å². The third kappa shape index (κ3) is 25.3. The van der Waals surface area contributed by atoms with Crippen LogP contribution in [0.25, 0.3) is 45.6 Å². The van der Waals surface area contributed by atoms with Crippen molar-refractivity contribution in [3.63, 3.8) is 0 Å². The topological polar surface area (TPSA) is 268 Å². The van der Waals surface area contributed by atoms with E-state index in [2.05, 4.69) is 111 Å². The highest BCUT2D eigenvalue weighted by Gasteiger charge is 2.26. The summed E-state index contributed by atoms with van der Waals surface area (Å²) in [6, 6.07) is 77.0. The highest BCUT2D eigenvalue weighted by Crippen LogP contribution is 2.37. The van der Waals surface area contributed by atoms with Gasteiger partial charge in [0, 0.05) is 91.3 Å². The summed E-state index contributed by atoms with van der Waals surface area (Å²) in [5.41, 5.74) is 18.4. The fourth-order valence-corrected chi connectivity index (χ4v) is 13.6. The summed E-state index contributed by atoms with van der Waals surface area (Å²) in [5.74, 6) is 8.82. The molecule has 5 N–H and O–H groups in total. The van der Waals surface area contributed by atoms with E-state index >= 15 is 0 Å². The van der Waals surface area contributed by atoms with Crippen LogP contribution in [-0.4, -0.2) is 106 Å². The maximum Gasteiger partial charge on any atom is 0.254 e. The van der Waals surface area contributed by atoms with Gasteiger partial charge in [-0.15, -0.1) is 0 Å². The number of imidazole rings is 4. The number of carbonyl (C=O) groups excluding carboxylic acids is 2. The predicted molar refractivity (Wildman–Crippen MR) is 481 cm³/mol. The molecule has 3 aliphatic rings. The Labute approximate surface area is 716 Å². The summed E-state index contributed by atoms with van der Waals surface area (Å²) < 4.78 is 46.2. The summed E-state index contributed by atoms with van der Waals surface area (Å²) in [4.78, 5) is 49.3. The number of aromatic nitrogens is 8. The zero-order valence-corrected chi connectivity index (χ0v) is 70.8. The zero-order chi connectivity index (χ0) is 85.5. The Balaban J connectivity index is 0.000000152. The van der Waals surface area contributed by atoms with Crippen molar-refractivity contribution in [2.45, 2.75) is 158 Å². The molecule has 0 radical (unpaired) electrons. The number of fused-ring (bicyclic) bond motifs is 3. The average molecular weight is 1650 g/mol. The second-order valence-electron chi connectivity index (χ2n) is 29.1. The van der Waals surface area contributed by atoms with Crippen molar-refractivity contribution in [3.8, 4) is 80.0 Å². The third-order valence-corrected chi connectivity index (χ3v) is 20.3. The standard InChI is InChI=1S/C30H29N3O5.C22H25N3O2.C14H18N2O.C14H16N2O.C11H16N2.C8H9NO/c1-2-3-13-33-24(16-31-29(33)22-7-5-4-6-8-22)18-32(17-21-9-11-25-27(14-21)37-19-35-25)30(34)23-10-12-26-28(15-23)38-20-36-26;1-2-3-11-25-19(15-24-22(25)18-7-5-4-6-8-18)14-23-13-17-9-10-20-21(12-17)27-16-26-20;2*1-2-3-9-16-13(11-17)10-15-14(16)12-7-5-4-6-8-12;1-2-3-9-13-11(12)10-7-5-4-6-8-10;1-10-8(9)7-5-3-2-4-6-7/h4-12,14-16H,2-3,13,17-20H2,1H3;4-10,12,15,23H,2-3,11,13-14,16H2,1H3;4-8,10,17H,2-3,9,11H2,1H3;4-8,10-11H,2-3,9H2,1H3;4-8H,2-3,9H2,1H3,(H2,12,13);2-6,9H,1H3. The van der Waals surface area contributed by atoms with Gasteiger partial charge in [0.05, 0.1) is 62.1 Å². The number of aliphatic hydroxyl groups excluding tert-OH is 1. The molecule has 0 atom stereocenters. The molecule has 23 nitrogen and oxygen atoms in total. The maximum atomic E-state index is 13.9. The number of amidine groups is 1. The number of nitrogens with zero attached hydrogens (tertiary/aromatic N) is 10. The molecule has 9 aromatic carbocycles. The molecule has 0 spiro atoms. The largest absolute Gasteiger partial charge is 0.481 e. The lowest BCUT2D eigenvalue weighted by molar-refractivity contribution is 0.0725. The van der Waals surface area contributed by atoms with Crippen LogP contribution in [0.3, 0.4) is 0 Å². The first-order chi connectivity index (χ1) is 60.0. The van der Waals surface area contributed by atoms with Crippen LogP contribution < -0.4 is 39.5 Å². The number of nitrogens with one attached hydrogen (secondary N) is 2. The van der Waals surface area contributed by atoms with Crippen molar-refractivity contribution in [1.82, 2.24) is 48.4 Å². The van der Waals surface area contributed by atoms with E-state index in [0.717, 1.165) is 201 Å². The number of rotatable bonds is 32. The van der Waals surface area contributed by atoms with E-state index in [0.29, 0.717) is 60.0 Å². The van der Waals surface area contributed by atoms with Gasteiger partial charge >= 0.3 is 0 Å². The first kappa shape index (κ1) is 89.4. The SMILES string of the molecule is CCCCN=C(N)c1ccccc1.CCCCn1c(C=O)cnc1-c1ccccc1.CCCCn1c(CN(Cc2ccc3c(c2)OCO3)C(=O)c2ccc3c(c2)OCO3)cnc1-c1ccccc1.CCCCn1c(CNCc2ccc3c(c2)OCO3)cnc1-c1ccccc1.CCCCn1c(CO)cnc1-c1ccccc1.COC(=N)c1ccccc1. The number of carbonyl (C=O) groups is 2. The van der Waals surface area contributed by atoms with E-state index in [4.69, 9.17) is 54.3 Å². The van der Waals surface area contributed by atoms with Gasteiger partial charge in [-0.3, -0.25) is 20.0 Å². The molecule has 0 saturated heterocycles. The average Bonchev–Trinajstić information content (AvgIpc) is 1.20. The Bertz CT molecular complexity index is 5370. The van der Waals surface area contributed by atoms with Gasteiger partial charge in [0.25, 0.3) is 5.91 Å². The van der Waals surface area contributed by atoms with Gasteiger partial charge in [0.2, 0.25) is 26.3 Å². The lowest BCUT2D eigenvalue weighted by atomic mass is 10.1. The van der Waals surface area contributed by atoms with Crippen LogP contribution in [0.5, 0.6) is 34.5 Å². The smallest absolute Gasteiger partial charge is 0.254 e. The van der Waals surface area contributed by atoms with Gasteiger partial charge in [-0.1, -0.05) is 249 Å². The lowest BCUT2D eigenvalue weighted by Crippen LogP contribution is -2.31. The molecule has 0 bridgehead atoms. The van der Waals surface area contributed by atoms with Crippen LogP contribution in [-0.2, 0) is 63.7 Å². The molecule has 3 aliphatic heterocycles. The number of aliphatic imine (C=N–C) groups is 1. The quantitative estimate of drug-likeness (QED) is 0.0132. The summed E-state index contributed by atoms with van der Waals surface area (Å²) >= 11 is 0. The molecule has 16 rings (SSSR count). The van der Waals surface area contributed by atoms with E-state index in [1.165, 1.54) is 18.4 Å². The van der Waals surface area contributed by atoms with E-state index in [1.807, 2.05) is 198 Å². The molecule has 0 saturated carbocycles. The second-order valence-corrected chi connectivity index (χ2v) is 29.1. The van der Waals surface area contributed by atoms with Crippen molar-refractivity contribution in [2.75, 3.05) is 34.0 Å². The lowest BCUT2D eigenvalue weighted by Gasteiger charge is -2.24. The van der Waals surface area contributed by atoms with Gasteiger partial charge in [-0.25, -0.2) is 19.9 Å². The summed E-state index contributed by atoms with van der Waals surface area (Å²) in [6.45, 7) is 18.3. The molecular formula is C99H113N13O10. The number of hydrogen-bond donors (Lipinski definition) is 4. The Morgan fingerprint density at radius 1 is 0.451 bits per heavy atom. The number of nitrogens with two attached hydrogens (primary N) is 1. The highest BCUT2D eigenvalue weighted by atomic mass is 16.7. The zero-order valence-electron chi connectivity index (χ0n) is 70.8. The van der Waals surface area contributed by atoms with Crippen molar-refractivity contribution < 1.29 is 47.9 Å². The number of aliphatic hydroxyl groups is 1. The Kier molecular flexibility index (Phi) is 35.2. The summed E-state index contributed by atoms with van der Waals surface area (Å²) in [6.07, 6.45) is 19.2. The molecule has 23 heteroatoms. The fraction of sp³-hybridized carbons (Fsp3) is 0.293. The van der Waals surface area contributed by atoms with E-state index in [1.54, 1.807) is 30.6 Å². The highest BCUT2D eigenvalue weighted by molar-refractivity contribution is 5.97. The van der Waals surface area contributed by atoms with E-state index in [-0.39, 0.29) is 32.0 Å². The number of ether oxygens (including phenoxy) is 7. The molecule has 0 fully saturated rings. The maximum absolute atomic E-state index is 13.9. The van der Waals surface area contributed by atoms with Crippen molar-refractivity contribution in [3.05, 3.63) is 312 Å². The number of methoxy groups -OCH3 is 1. The minimum Gasteiger partial charge on any atom is -0.481 e. The normalized spacial score (nSPS) is 11.7. The number of aldehydes is 1. The number of unbranched alkanes of at least 4 members (excludes halogenated alkanes) is 5. The molecule has 13 aromatic rings. The fourth-order valence-electron chi connectivity index (χ4n) is 13.6. The Morgan fingerprint density at radius 2 is 0.836 bits per heavy atom. The van der Waals surface area contributed by atoms with Crippen LogP contribution in [0.15, 0.2) is 266 Å². The first-order valence-corrected chi connectivity index (χ1v) is 42.1. The molecule has 1 amide bonds. The summed E-state index contributed by atoms with van der Waals surface area (Å²) in [5, 5.41) is 20.1. The molecular weight excluding hydrogens is 1530 g/mol. The monoisotopic (exact) mass is 1640 g/mol. The first-order valence-electron chi connectivity index (χ1n) is 42.1. The van der Waals surface area contributed by atoms with Crippen molar-refractivity contribution in [1.29, 1.82) is 5.41 Å². The Morgan fingerprint density at radius 3 is 1.30 bits per heavy atom. The van der Waals surface area contributed by atoms with E-state index in [9.17, 15) is 14.7 Å².